The van der Waals surface area contributed by atoms with E-state index in [1.165, 1.54) is 12.1 Å². The third kappa shape index (κ3) is 4.31. The van der Waals surface area contributed by atoms with Gasteiger partial charge in [-0.15, -0.1) is 0 Å². The highest BCUT2D eigenvalue weighted by Gasteiger charge is 2.16. The van der Waals surface area contributed by atoms with Crippen molar-refractivity contribution >= 4 is 15.9 Å². The molecule has 0 aliphatic heterocycles. The van der Waals surface area contributed by atoms with Gasteiger partial charge in [0, 0.05) is 18.7 Å². The van der Waals surface area contributed by atoms with E-state index in [4.69, 9.17) is 0 Å². The van der Waals surface area contributed by atoms with Crippen molar-refractivity contribution in [1.82, 2.24) is 10.0 Å². The van der Waals surface area contributed by atoms with Crippen molar-refractivity contribution < 1.29 is 13.2 Å². The number of hydrogen-bond acceptors (Lipinski definition) is 3. The van der Waals surface area contributed by atoms with Gasteiger partial charge in [-0.05, 0) is 31.0 Å². The number of carbonyl (C=O) groups is 1. The van der Waals surface area contributed by atoms with Gasteiger partial charge in [0.2, 0.25) is 10.0 Å². The van der Waals surface area contributed by atoms with Gasteiger partial charge in [-0.25, -0.2) is 13.1 Å². The molecule has 0 bridgehead atoms. The first kappa shape index (κ1) is 16.7. The molecule has 0 unspecified atom stereocenters. The summed E-state index contributed by atoms with van der Waals surface area (Å²) in [6.45, 7) is 6.46. The second kappa shape index (κ2) is 7.40. The SMILES string of the molecule is CCCCNC(=O)c1cc(S(=O)(=O)NCC)ccc1C. The lowest BCUT2D eigenvalue weighted by atomic mass is 10.1. The van der Waals surface area contributed by atoms with Crippen molar-refractivity contribution in [3.8, 4) is 0 Å². The number of aryl methyl sites for hydroxylation is 1. The van der Waals surface area contributed by atoms with Crippen molar-refractivity contribution in [2.24, 2.45) is 0 Å². The summed E-state index contributed by atoms with van der Waals surface area (Å²) in [6.07, 6.45) is 1.90. The van der Waals surface area contributed by atoms with Crippen LogP contribution >= 0.6 is 0 Å². The van der Waals surface area contributed by atoms with Gasteiger partial charge in [0.1, 0.15) is 0 Å². The number of sulfonamides is 1. The standard InChI is InChI=1S/C14H22N2O3S/c1-4-6-9-15-14(17)13-10-12(8-7-11(13)3)20(18,19)16-5-2/h7-8,10,16H,4-6,9H2,1-3H3,(H,15,17). The predicted octanol–water partition coefficient (Wildman–Crippen LogP) is 1.82. The molecule has 20 heavy (non-hydrogen) atoms. The van der Waals surface area contributed by atoms with Crippen LogP contribution in [0, 0.1) is 6.92 Å². The monoisotopic (exact) mass is 298 g/mol. The summed E-state index contributed by atoms with van der Waals surface area (Å²) >= 11 is 0. The molecule has 0 heterocycles. The first-order valence-corrected chi connectivity index (χ1v) is 8.29. The molecule has 1 rings (SSSR count). The minimum atomic E-state index is -3.54. The molecule has 112 valence electrons. The van der Waals surface area contributed by atoms with E-state index in [2.05, 4.69) is 10.0 Å². The molecule has 6 heteroatoms. The number of benzene rings is 1. The van der Waals surface area contributed by atoms with Gasteiger partial charge < -0.3 is 5.32 Å². The zero-order valence-electron chi connectivity index (χ0n) is 12.2. The lowest BCUT2D eigenvalue weighted by Gasteiger charge is -2.10. The Labute approximate surface area is 120 Å². The molecule has 0 radical (unpaired) electrons. The molecule has 0 atom stereocenters. The summed E-state index contributed by atoms with van der Waals surface area (Å²) in [4.78, 5) is 12.2. The van der Waals surface area contributed by atoms with E-state index >= 15 is 0 Å². The molecule has 1 aromatic carbocycles. The van der Waals surface area contributed by atoms with E-state index in [1.807, 2.05) is 6.92 Å². The molecule has 0 aromatic heterocycles. The fraction of sp³-hybridized carbons (Fsp3) is 0.500. The summed E-state index contributed by atoms with van der Waals surface area (Å²) in [5.74, 6) is -0.232. The van der Waals surface area contributed by atoms with Crippen LogP contribution in [-0.4, -0.2) is 27.4 Å². The van der Waals surface area contributed by atoms with Crippen molar-refractivity contribution in [3.05, 3.63) is 29.3 Å². The normalized spacial score (nSPS) is 11.3. The van der Waals surface area contributed by atoms with Crippen LogP contribution in [0.25, 0.3) is 0 Å². The highest BCUT2D eigenvalue weighted by molar-refractivity contribution is 7.89. The van der Waals surface area contributed by atoms with E-state index < -0.39 is 10.0 Å². The molecule has 0 aliphatic carbocycles. The Morgan fingerprint density at radius 2 is 1.95 bits per heavy atom. The van der Waals surface area contributed by atoms with E-state index in [9.17, 15) is 13.2 Å². The fourth-order valence-electron chi connectivity index (χ4n) is 1.76. The minimum Gasteiger partial charge on any atom is -0.352 e. The van der Waals surface area contributed by atoms with Crippen molar-refractivity contribution in [2.45, 2.75) is 38.5 Å². The molecule has 1 aromatic rings. The Bertz CT molecular complexity index is 568. The Hall–Kier alpha value is -1.40. The summed E-state index contributed by atoms with van der Waals surface area (Å²) in [5.41, 5.74) is 1.16. The van der Waals surface area contributed by atoms with E-state index in [0.717, 1.165) is 18.4 Å². The summed E-state index contributed by atoms with van der Waals surface area (Å²) < 4.78 is 26.3. The van der Waals surface area contributed by atoms with Crippen molar-refractivity contribution in [2.75, 3.05) is 13.1 Å². The number of nitrogens with one attached hydrogen (secondary N) is 2. The van der Waals surface area contributed by atoms with Gasteiger partial charge in [0.05, 0.1) is 4.90 Å². The van der Waals surface area contributed by atoms with Crippen molar-refractivity contribution in [1.29, 1.82) is 0 Å². The van der Waals surface area contributed by atoms with E-state index in [-0.39, 0.29) is 10.8 Å². The molecule has 0 fully saturated rings. The first-order chi connectivity index (χ1) is 9.42. The highest BCUT2D eigenvalue weighted by Crippen LogP contribution is 2.15. The lowest BCUT2D eigenvalue weighted by Crippen LogP contribution is -2.27. The zero-order chi connectivity index (χ0) is 15.2. The lowest BCUT2D eigenvalue weighted by molar-refractivity contribution is 0.0952. The summed E-state index contributed by atoms with van der Waals surface area (Å²) in [6, 6.07) is 4.59. The molecular formula is C14H22N2O3S. The Kier molecular flexibility index (Phi) is 6.16. The molecule has 1 amide bonds. The average Bonchev–Trinajstić information content (AvgIpc) is 2.39. The number of rotatable bonds is 7. The number of hydrogen-bond donors (Lipinski definition) is 2. The van der Waals surface area contributed by atoms with Gasteiger partial charge in [-0.1, -0.05) is 26.3 Å². The van der Waals surface area contributed by atoms with Gasteiger partial charge in [-0.2, -0.15) is 0 Å². The van der Waals surface area contributed by atoms with Crippen LogP contribution in [0.1, 0.15) is 42.6 Å². The number of carbonyl (C=O) groups excluding carboxylic acids is 1. The molecular weight excluding hydrogens is 276 g/mol. The van der Waals surface area contributed by atoms with Gasteiger partial charge in [-0.3, -0.25) is 4.79 Å². The van der Waals surface area contributed by atoms with Crippen LogP contribution in [0.15, 0.2) is 23.1 Å². The maximum Gasteiger partial charge on any atom is 0.251 e. The second-order valence-corrected chi connectivity index (χ2v) is 6.35. The summed E-state index contributed by atoms with van der Waals surface area (Å²) in [7, 11) is -3.54. The first-order valence-electron chi connectivity index (χ1n) is 6.81. The van der Waals surface area contributed by atoms with E-state index in [0.29, 0.717) is 18.7 Å². The Morgan fingerprint density at radius 1 is 1.25 bits per heavy atom. The van der Waals surface area contributed by atoms with Gasteiger partial charge in [0.15, 0.2) is 0 Å². The molecule has 0 saturated carbocycles. The van der Waals surface area contributed by atoms with Crippen LogP contribution < -0.4 is 10.0 Å². The Morgan fingerprint density at radius 3 is 2.55 bits per heavy atom. The summed E-state index contributed by atoms with van der Waals surface area (Å²) in [5, 5.41) is 2.80. The number of unbranched alkanes of at least 4 members (excludes halogenated alkanes) is 1. The van der Waals surface area contributed by atoms with E-state index in [1.54, 1.807) is 19.9 Å². The third-order valence-corrected chi connectivity index (χ3v) is 4.46. The maximum atomic E-state index is 12.1. The smallest absolute Gasteiger partial charge is 0.251 e. The molecule has 0 saturated heterocycles. The van der Waals surface area contributed by atoms with Crippen LogP contribution in [0.2, 0.25) is 0 Å². The predicted molar refractivity (Wildman–Crippen MR) is 79.3 cm³/mol. The van der Waals surface area contributed by atoms with Gasteiger partial charge >= 0.3 is 0 Å². The van der Waals surface area contributed by atoms with Crippen LogP contribution in [0.3, 0.4) is 0 Å². The minimum absolute atomic E-state index is 0.116. The zero-order valence-corrected chi connectivity index (χ0v) is 13.0. The number of amides is 1. The quantitative estimate of drug-likeness (QED) is 0.754. The fourth-order valence-corrected chi connectivity index (χ4v) is 2.83. The molecule has 5 nitrogen and oxygen atoms in total. The maximum absolute atomic E-state index is 12.1. The van der Waals surface area contributed by atoms with Crippen LogP contribution in [-0.2, 0) is 10.0 Å². The molecule has 0 spiro atoms. The highest BCUT2D eigenvalue weighted by atomic mass is 32.2. The molecule has 0 aliphatic rings. The van der Waals surface area contributed by atoms with Gasteiger partial charge in [0.25, 0.3) is 5.91 Å². The van der Waals surface area contributed by atoms with Crippen LogP contribution in [0.5, 0.6) is 0 Å². The topological polar surface area (TPSA) is 75.3 Å². The molecule has 2 N–H and O–H groups in total. The largest absolute Gasteiger partial charge is 0.352 e. The van der Waals surface area contributed by atoms with Crippen molar-refractivity contribution in [3.63, 3.8) is 0 Å². The second-order valence-electron chi connectivity index (χ2n) is 4.59. The third-order valence-electron chi connectivity index (χ3n) is 2.91. The Balaban J connectivity index is 3.00. The van der Waals surface area contributed by atoms with Crippen LogP contribution in [0.4, 0.5) is 0 Å². The average molecular weight is 298 g/mol.